The molecular weight excluding hydrogens is 224 g/mol. The highest BCUT2D eigenvalue weighted by Gasteiger charge is 2.32. The van der Waals surface area contributed by atoms with Crippen molar-refractivity contribution >= 4 is 5.91 Å². The van der Waals surface area contributed by atoms with Gasteiger partial charge in [0.25, 0.3) is 0 Å². The molecule has 2 aliphatic rings. The third-order valence-corrected chi connectivity index (χ3v) is 4.58. The molecular formula is C15H28N2O. The molecule has 2 rings (SSSR count). The number of amides is 1. The highest BCUT2D eigenvalue weighted by atomic mass is 16.1. The first-order valence-electron chi connectivity index (χ1n) is 7.70. The fraction of sp³-hybridized carbons (Fsp3) is 0.933. The van der Waals surface area contributed by atoms with Crippen LogP contribution in [0.5, 0.6) is 0 Å². The van der Waals surface area contributed by atoms with Crippen LogP contribution in [-0.4, -0.2) is 36.5 Å². The number of hydrogen-bond acceptors (Lipinski definition) is 2. The Hall–Kier alpha value is -0.570. The number of carbonyl (C=O) groups is 1. The van der Waals surface area contributed by atoms with E-state index in [0.29, 0.717) is 0 Å². The lowest BCUT2D eigenvalue weighted by Crippen LogP contribution is -2.49. The molecule has 104 valence electrons. The second-order valence-electron chi connectivity index (χ2n) is 6.24. The normalized spacial score (nSPS) is 29.1. The first-order chi connectivity index (χ1) is 8.68. The van der Waals surface area contributed by atoms with E-state index in [-0.39, 0.29) is 11.8 Å². The van der Waals surface area contributed by atoms with E-state index in [1.165, 1.54) is 45.1 Å². The first kappa shape index (κ1) is 13.9. The Morgan fingerprint density at radius 3 is 2.72 bits per heavy atom. The number of rotatable bonds is 4. The van der Waals surface area contributed by atoms with Gasteiger partial charge >= 0.3 is 0 Å². The number of carbonyl (C=O) groups excluding carboxylic acids is 1. The van der Waals surface area contributed by atoms with E-state index in [2.05, 4.69) is 10.2 Å². The molecule has 1 amide bonds. The molecule has 0 aromatic heterocycles. The van der Waals surface area contributed by atoms with Gasteiger partial charge in [0.15, 0.2) is 0 Å². The van der Waals surface area contributed by atoms with E-state index >= 15 is 0 Å². The van der Waals surface area contributed by atoms with Gasteiger partial charge in [-0.2, -0.15) is 0 Å². The molecule has 2 atom stereocenters. The van der Waals surface area contributed by atoms with Crippen LogP contribution in [0.1, 0.15) is 52.4 Å². The smallest absolute Gasteiger partial charge is 0.222 e. The predicted molar refractivity (Wildman–Crippen MR) is 74.4 cm³/mol. The van der Waals surface area contributed by atoms with E-state index in [9.17, 15) is 4.79 Å². The largest absolute Gasteiger partial charge is 0.355 e. The SMILES string of the molecule is CC(C)C(=O)NCCN1CCCC2CCCCC21. The first-order valence-corrected chi connectivity index (χ1v) is 7.70. The van der Waals surface area contributed by atoms with Crippen molar-refractivity contribution in [3.63, 3.8) is 0 Å². The summed E-state index contributed by atoms with van der Waals surface area (Å²) in [6.07, 6.45) is 8.41. The van der Waals surface area contributed by atoms with Crippen LogP contribution in [0.25, 0.3) is 0 Å². The summed E-state index contributed by atoms with van der Waals surface area (Å²) in [4.78, 5) is 14.2. The molecule has 1 aliphatic carbocycles. The second kappa shape index (κ2) is 6.55. The van der Waals surface area contributed by atoms with Gasteiger partial charge in [-0.15, -0.1) is 0 Å². The van der Waals surface area contributed by atoms with Crippen molar-refractivity contribution in [3.8, 4) is 0 Å². The van der Waals surface area contributed by atoms with Gasteiger partial charge < -0.3 is 5.32 Å². The van der Waals surface area contributed by atoms with Crippen LogP contribution >= 0.6 is 0 Å². The van der Waals surface area contributed by atoms with E-state index in [1.807, 2.05) is 13.8 Å². The molecule has 0 bridgehead atoms. The molecule has 0 aromatic carbocycles. The van der Waals surface area contributed by atoms with Crippen LogP contribution in [0.4, 0.5) is 0 Å². The van der Waals surface area contributed by atoms with Gasteiger partial charge in [0.05, 0.1) is 0 Å². The summed E-state index contributed by atoms with van der Waals surface area (Å²) in [6.45, 7) is 7.00. The van der Waals surface area contributed by atoms with E-state index in [0.717, 1.165) is 25.0 Å². The minimum absolute atomic E-state index is 0.105. The van der Waals surface area contributed by atoms with Crippen molar-refractivity contribution in [1.29, 1.82) is 0 Å². The topological polar surface area (TPSA) is 32.3 Å². The summed E-state index contributed by atoms with van der Waals surface area (Å²) >= 11 is 0. The van der Waals surface area contributed by atoms with Crippen LogP contribution < -0.4 is 5.32 Å². The van der Waals surface area contributed by atoms with Gasteiger partial charge in [0.1, 0.15) is 0 Å². The third kappa shape index (κ3) is 3.47. The van der Waals surface area contributed by atoms with E-state index in [1.54, 1.807) is 0 Å². The van der Waals surface area contributed by atoms with Crippen LogP contribution in [0.3, 0.4) is 0 Å². The second-order valence-corrected chi connectivity index (χ2v) is 6.24. The summed E-state index contributed by atoms with van der Waals surface area (Å²) in [6, 6.07) is 0.809. The van der Waals surface area contributed by atoms with Gasteiger partial charge in [-0.25, -0.2) is 0 Å². The number of hydrogen-bond donors (Lipinski definition) is 1. The van der Waals surface area contributed by atoms with E-state index < -0.39 is 0 Å². The monoisotopic (exact) mass is 252 g/mol. The van der Waals surface area contributed by atoms with Crippen molar-refractivity contribution in [2.45, 2.75) is 58.4 Å². The summed E-state index contributed by atoms with van der Waals surface area (Å²) in [5, 5.41) is 3.04. The van der Waals surface area contributed by atoms with Crippen molar-refractivity contribution in [2.24, 2.45) is 11.8 Å². The number of nitrogens with one attached hydrogen (secondary N) is 1. The van der Waals surface area contributed by atoms with Crippen LogP contribution in [0, 0.1) is 11.8 Å². The van der Waals surface area contributed by atoms with Crippen LogP contribution in [-0.2, 0) is 4.79 Å². The molecule has 0 radical (unpaired) electrons. The summed E-state index contributed by atoms with van der Waals surface area (Å²) in [5.74, 6) is 1.23. The molecule has 0 spiro atoms. The molecule has 3 nitrogen and oxygen atoms in total. The Morgan fingerprint density at radius 2 is 1.94 bits per heavy atom. The van der Waals surface area contributed by atoms with Gasteiger partial charge in [0.2, 0.25) is 5.91 Å². The Morgan fingerprint density at radius 1 is 1.22 bits per heavy atom. The third-order valence-electron chi connectivity index (χ3n) is 4.58. The molecule has 1 N–H and O–H groups in total. The van der Waals surface area contributed by atoms with Crippen molar-refractivity contribution in [1.82, 2.24) is 10.2 Å². The Kier molecular flexibility index (Phi) is 5.04. The minimum Gasteiger partial charge on any atom is -0.355 e. The van der Waals surface area contributed by atoms with Gasteiger partial charge in [-0.3, -0.25) is 9.69 Å². The van der Waals surface area contributed by atoms with Crippen LogP contribution in [0.2, 0.25) is 0 Å². The predicted octanol–water partition coefficient (Wildman–Crippen LogP) is 2.41. The standard InChI is InChI=1S/C15H28N2O/c1-12(2)15(18)16-9-11-17-10-5-7-13-6-3-4-8-14(13)17/h12-14H,3-11H2,1-2H3,(H,16,18). The van der Waals surface area contributed by atoms with Gasteiger partial charge in [-0.05, 0) is 38.1 Å². The Balaban J connectivity index is 1.75. The lowest BCUT2D eigenvalue weighted by atomic mass is 9.78. The number of likely N-dealkylation sites (tertiary alicyclic amines) is 1. The average molecular weight is 252 g/mol. The molecule has 2 unspecified atom stereocenters. The zero-order chi connectivity index (χ0) is 13.0. The zero-order valence-corrected chi connectivity index (χ0v) is 12.0. The Bertz CT molecular complexity index is 276. The molecule has 1 aliphatic heterocycles. The van der Waals surface area contributed by atoms with Crippen LogP contribution in [0.15, 0.2) is 0 Å². The maximum atomic E-state index is 11.5. The number of fused-ring (bicyclic) bond motifs is 1. The fourth-order valence-corrected chi connectivity index (χ4v) is 3.53. The molecule has 18 heavy (non-hydrogen) atoms. The number of piperidine rings is 1. The summed E-state index contributed by atoms with van der Waals surface area (Å²) in [5.41, 5.74) is 0. The summed E-state index contributed by atoms with van der Waals surface area (Å²) < 4.78 is 0. The van der Waals surface area contributed by atoms with Gasteiger partial charge in [-0.1, -0.05) is 26.7 Å². The maximum absolute atomic E-state index is 11.5. The van der Waals surface area contributed by atoms with Gasteiger partial charge in [0, 0.05) is 25.0 Å². The zero-order valence-electron chi connectivity index (χ0n) is 12.0. The molecule has 3 heteroatoms. The maximum Gasteiger partial charge on any atom is 0.222 e. The molecule has 1 heterocycles. The van der Waals surface area contributed by atoms with Crippen molar-refractivity contribution < 1.29 is 4.79 Å². The molecule has 2 fully saturated rings. The average Bonchev–Trinajstić information content (AvgIpc) is 2.38. The number of nitrogens with zero attached hydrogens (tertiary/aromatic N) is 1. The Labute approximate surface area is 111 Å². The molecule has 1 saturated heterocycles. The lowest BCUT2D eigenvalue weighted by molar-refractivity contribution is -0.124. The lowest BCUT2D eigenvalue weighted by Gasteiger charge is -2.44. The fourth-order valence-electron chi connectivity index (χ4n) is 3.53. The van der Waals surface area contributed by atoms with E-state index in [4.69, 9.17) is 0 Å². The molecule has 1 saturated carbocycles. The molecule has 0 aromatic rings. The highest BCUT2D eigenvalue weighted by Crippen LogP contribution is 2.34. The van der Waals surface area contributed by atoms with Crippen molar-refractivity contribution in [2.75, 3.05) is 19.6 Å². The quantitative estimate of drug-likeness (QED) is 0.833. The summed E-state index contributed by atoms with van der Waals surface area (Å²) in [7, 11) is 0. The van der Waals surface area contributed by atoms with Crippen molar-refractivity contribution in [3.05, 3.63) is 0 Å². The minimum atomic E-state index is 0.105. The highest BCUT2D eigenvalue weighted by molar-refractivity contribution is 5.77.